The van der Waals surface area contributed by atoms with Crippen LogP contribution in [0, 0.1) is 5.92 Å². The Labute approximate surface area is 149 Å². The second-order valence-corrected chi connectivity index (χ2v) is 6.54. The third kappa shape index (κ3) is 3.44. The standard InChI is InChI=1S/C19H19N3O4/c23-17(11-26-10-12-1-2-12)16-9-20-18-15(21-16)7-8-22(18)14-5-3-13(4-6-14)19(24)25/h3-9,12,17,23H,1-2,10-11H2,(H,24,25)/t17-/m0/s1. The van der Waals surface area contributed by atoms with Crippen LogP contribution in [0.15, 0.2) is 42.7 Å². The van der Waals surface area contributed by atoms with E-state index in [1.54, 1.807) is 30.5 Å². The summed E-state index contributed by atoms with van der Waals surface area (Å²) in [6.07, 6.45) is 4.99. The van der Waals surface area contributed by atoms with E-state index in [1.807, 2.05) is 16.8 Å². The monoisotopic (exact) mass is 353 g/mol. The number of aromatic nitrogens is 3. The number of ether oxygens (including phenoxy) is 1. The predicted octanol–water partition coefficient (Wildman–Crippen LogP) is 2.58. The van der Waals surface area contributed by atoms with E-state index < -0.39 is 12.1 Å². The molecule has 2 heterocycles. The number of carboxylic acid groups (broad SMARTS) is 1. The number of carboxylic acids is 1. The minimum absolute atomic E-state index is 0.216. The Morgan fingerprint density at radius 1 is 1.27 bits per heavy atom. The maximum absolute atomic E-state index is 11.0. The molecule has 134 valence electrons. The van der Waals surface area contributed by atoms with Crippen LogP contribution in [0.3, 0.4) is 0 Å². The number of nitrogens with zero attached hydrogens (tertiary/aromatic N) is 3. The smallest absolute Gasteiger partial charge is 0.335 e. The summed E-state index contributed by atoms with van der Waals surface area (Å²) in [5, 5.41) is 19.2. The SMILES string of the molecule is O=C(O)c1ccc(-n2ccc3nc([C@@H](O)COCC4CC4)cnc32)cc1. The Morgan fingerprint density at radius 3 is 2.73 bits per heavy atom. The van der Waals surface area contributed by atoms with E-state index in [0.717, 1.165) is 5.69 Å². The van der Waals surface area contributed by atoms with Crippen LogP contribution >= 0.6 is 0 Å². The molecule has 0 amide bonds. The average molecular weight is 353 g/mol. The van der Waals surface area contributed by atoms with Gasteiger partial charge in [0.25, 0.3) is 0 Å². The van der Waals surface area contributed by atoms with E-state index in [9.17, 15) is 9.90 Å². The molecule has 0 aliphatic heterocycles. The summed E-state index contributed by atoms with van der Waals surface area (Å²) in [7, 11) is 0. The highest BCUT2D eigenvalue weighted by Crippen LogP contribution is 2.29. The normalized spacial score (nSPS) is 15.3. The third-order valence-electron chi connectivity index (χ3n) is 4.47. The Bertz CT molecular complexity index is 932. The molecule has 4 rings (SSSR count). The van der Waals surface area contributed by atoms with Gasteiger partial charge in [0.1, 0.15) is 11.6 Å². The van der Waals surface area contributed by atoms with Gasteiger partial charge in [-0.3, -0.25) is 4.57 Å². The van der Waals surface area contributed by atoms with E-state index in [-0.39, 0.29) is 12.2 Å². The summed E-state index contributed by atoms with van der Waals surface area (Å²) in [4.78, 5) is 19.9. The molecule has 2 aromatic heterocycles. The molecule has 0 bridgehead atoms. The van der Waals surface area contributed by atoms with E-state index in [4.69, 9.17) is 9.84 Å². The molecule has 1 aliphatic carbocycles. The van der Waals surface area contributed by atoms with Gasteiger partial charge >= 0.3 is 5.97 Å². The predicted molar refractivity (Wildman–Crippen MR) is 94.3 cm³/mol. The zero-order chi connectivity index (χ0) is 18.1. The van der Waals surface area contributed by atoms with Crippen molar-refractivity contribution in [3.8, 4) is 5.69 Å². The summed E-state index contributed by atoms with van der Waals surface area (Å²) in [6, 6.07) is 8.35. The van der Waals surface area contributed by atoms with Crippen LogP contribution in [-0.4, -0.2) is 43.9 Å². The highest BCUT2D eigenvalue weighted by Gasteiger charge is 2.22. The minimum atomic E-state index is -0.962. The Hall–Kier alpha value is -2.77. The van der Waals surface area contributed by atoms with Crippen molar-refractivity contribution in [2.24, 2.45) is 5.92 Å². The first-order chi connectivity index (χ1) is 12.6. The number of aromatic carboxylic acids is 1. The van der Waals surface area contributed by atoms with Gasteiger partial charge in [-0.25, -0.2) is 14.8 Å². The molecule has 1 saturated carbocycles. The van der Waals surface area contributed by atoms with Gasteiger partial charge in [-0.05, 0) is 49.1 Å². The lowest BCUT2D eigenvalue weighted by atomic mass is 10.2. The summed E-state index contributed by atoms with van der Waals surface area (Å²) < 4.78 is 7.35. The van der Waals surface area contributed by atoms with Gasteiger partial charge in [0, 0.05) is 18.5 Å². The van der Waals surface area contributed by atoms with E-state index >= 15 is 0 Å². The number of hydrogen-bond donors (Lipinski definition) is 2. The van der Waals surface area contributed by atoms with Crippen LogP contribution in [0.1, 0.15) is 35.0 Å². The maximum atomic E-state index is 11.0. The zero-order valence-electron chi connectivity index (χ0n) is 14.1. The van der Waals surface area contributed by atoms with Gasteiger partial charge < -0.3 is 14.9 Å². The summed E-state index contributed by atoms with van der Waals surface area (Å²) >= 11 is 0. The number of rotatable bonds is 7. The molecule has 7 nitrogen and oxygen atoms in total. The van der Waals surface area contributed by atoms with Crippen molar-refractivity contribution in [2.45, 2.75) is 18.9 Å². The molecule has 2 N–H and O–H groups in total. The summed E-state index contributed by atoms with van der Waals surface area (Å²) in [5.41, 5.74) is 2.80. The van der Waals surface area contributed by atoms with Crippen LogP contribution in [0.25, 0.3) is 16.9 Å². The van der Waals surface area contributed by atoms with Gasteiger partial charge in [0.05, 0.1) is 24.1 Å². The van der Waals surface area contributed by atoms with Crippen LogP contribution in [0.5, 0.6) is 0 Å². The lowest BCUT2D eigenvalue weighted by molar-refractivity contribution is 0.0294. The number of aliphatic hydroxyl groups is 1. The van der Waals surface area contributed by atoms with Crippen molar-refractivity contribution in [1.82, 2.24) is 14.5 Å². The molecule has 1 atom stereocenters. The molecule has 0 unspecified atom stereocenters. The first kappa shape index (κ1) is 16.7. The Kier molecular flexibility index (Phi) is 4.40. The van der Waals surface area contributed by atoms with Crippen molar-refractivity contribution in [1.29, 1.82) is 0 Å². The first-order valence-electron chi connectivity index (χ1n) is 8.55. The number of fused-ring (bicyclic) bond motifs is 1. The lowest BCUT2D eigenvalue weighted by Gasteiger charge is -2.11. The summed E-state index contributed by atoms with van der Waals surface area (Å²) in [5.74, 6) is -0.312. The highest BCUT2D eigenvalue weighted by atomic mass is 16.5. The zero-order valence-corrected chi connectivity index (χ0v) is 14.1. The fourth-order valence-corrected chi connectivity index (χ4v) is 2.77. The lowest BCUT2D eigenvalue weighted by Crippen LogP contribution is -2.11. The van der Waals surface area contributed by atoms with E-state index in [2.05, 4.69) is 9.97 Å². The van der Waals surface area contributed by atoms with E-state index in [0.29, 0.717) is 29.4 Å². The first-order valence-corrected chi connectivity index (χ1v) is 8.55. The molecule has 0 spiro atoms. The minimum Gasteiger partial charge on any atom is -0.478 e. The van der Waals surface area contributed by atoms with Crippen molar-refractivity contribution >= 4 is 17.1 Å². The van der Waals surface area contributed by atoms with Crippen LogP contribution in [-0.2, 0) is 4.74 Å². The van der Waals surface area contributed by atoms with Gasteiger partial charge in [-0.2, -0.15) is 0 Å². The van der Waals surface area contributed by atoms with Crippen LogP contribution < -0.4 is 0 Å². The number of aliphatic hydroxyl groups excluding tert-OH is 1. The molecule has 1 aliphatic rings. The summed E-state index contributed by atoms with van der Waals surface area (Å²) in [6.45, 7) is 0.906. The number of carbonyl (C=O) groups is 1. The molecule has 26 heavy (non-hydrogen) atoms. The average Bonchev–Trinajstić information content (AvgIpc) is 3.38. The fourth-order valence-electron chi connectivity index (χ4n) is 2.77. The number of hydrogen-bond acceptors (Lipinski definition) is 5. The van der Waals surface area contributed by atoms with Gasteiger partial charge in [0.15, 0.2) is 5.65 Å². The second-order valence-electron chi connectivity index (χ2n) is 6.54. The maximum Gasteiger partial charge on any atom is 0.335 e. The van der Waals surface area contributed by atoms with Crippen molar-refractivity contribution in [3.05, 3.63) is 54.0 Å². The van der Waals surface area contributed by atoms with Crippen molar-refractivity contribution in [3.63, 3.8) is 0 Å². The Balaban J connectivity index is 1.53. The third-order valence-corrected chi connectivity index (χ3v) is 4.47. The van der Waals surface area contributed by atoms with Crippen LogP contribution in [0.4, 0.5) is 0 Å². The van der Waals surface area contributed by atoms with Gasteiger partial charge in [-0.15, -0.1) is 0 Å². The van der Waals surface area contributed by atoms with Gasteiger partial charge in [-0.1, -0.05) is 0 Å². The molecular formula is C19H19N3O4. The molecule has 7 heteroatoms. The van der Waals surface area contributed by atoms with Crippen LogP contribution in [0.2, 0.25) is 0 Å². The highest BCUT2D eigenvalue weighted by molar-refractivity contribution is 5.87. The molecule has 1 fully saturated rings. The fraction of sp³-hybridized carbons (Fsp3) is 0.316. The van der Waals surface area contributed by atoms with Gasteiger partial charge in [0.2, 0.25) is 0 Å². The Morgan fingerprint density at radius 2 is 2.04 bits per heavy atom. The molecular weight excluding hydrogens is 334 g/mol. The van der Waals surface area contributed by atoms with Crippen molar-refractivity contribution < 1.29 is 19.7 Å². The largest absolute Gasteiger partial charge is 0.478 e. The quantitative estimate of drug-likeness (QED) is 0.677. The number of benzene rings is 1. The van der Waals surface area contributed by atoms with Crippen molar-refractivity contribution in [2.75, 3.05) is 13.2 Å². The molecule has 1 aromatic carbocycles. The molecule has 3 aromatic rings. The topological polar surface area (TPSA) is 97.5 Å². The molecule has 0 saturated heterocycles. The molecule has 0 radical (unpaired) electrons. The van der Waals surface area contributed by atoms with E-state index in [1.165, 1.54) is 12.8 Å². The second kappa shape index (κ2) is 6.86.